The molecule has 6 atom stereocenters. The third-order valence-electron chi connectivity index (χ3n) is 13.3. The van der Waals surface area contributed by atoms with Crippen LogP contribution in [0.4, 0.5) is 0 Å². The Hall–Kier alpha value is -3.84. The van der Waals surface area contributed by atoms with E-state index >= 15 is 0 Å². The predicted molar refractivity (Wildman–Crippen MR) is 303 cm³/mol. The summed E-state index contributed by atoms with van der Waals surface area (Å²) in [6.45, 7) is 5.81. The topological polar surface area (TPSA) is 175 Å². The van der Waals surface area contributed by atoms with Crippen LogP contribution in [-0.2, 0) is 42.9 Å². The van der Waals surface area contributed by atoms with E-state index in [4.69, 9.17) is 23.7 Å². The Morgan fingerprint density at radius 3 is 1.31 bits per heavy atom. The van der Waals surface area contributed by atoms with E-state index < -0.39 is 67.3 Å². The Balaban J connectivity index is 2.67. The van der Waals surface area contributed by atoms with Gasteiger partial charge in [0.25, 0.3) is 0 Å². The van der Waals surface area contributed by atoms with Gasteiger partial charge in [0.05, 0.1) is 6.61 Å². The second kappa shape index (κ2) is 50.9. The molecule has 1 saturated heterocycles. The first kappa shape index (κ1) is 69.2. The highest BCUT2D eigenvalue weighted by molar-refractivity contribution is 5.74. The summed E-state index contributed by atoms with van der Waals surface area (Å²) < 4.78 is 28.4. The molecule has 0 aliphatic carbocycles. The maximum absolute atomic E-state index is 13.2. The first-order chi connectivity index (χ1) is 36.6. The number of aliphatic hydroxyl groups is 2. The number of hydrogen-bond donors (Lipinski definition) is 3. The average molecular weight is 1060 g/mol. The highest BCUT2D eigenvalue weighted by atomic mass is 16.7. The molecule has 1 heterocycles. The van der Waals surface area contributed by atoms with Crippen LogP contribution in [0.1, 0.15) is 252 Å². The molecule has 0 bridgehead atoms. The van der Waals surface area contributed by atoms with Gasteiger partial charge in [0.1, 0.15) is 18.8 Å². The van der Waals surface area contributed by atoms with Gasteiger partial charge in [-0.15, -0.1) is 0 Å². The zero-order valence-electron chi connectivity index (χ0n) is 47.3. The molecular weight excluding hydrogens is 949 g/mol. The normalized spacial score (nSPS) is 18.7. The average Bonchev–Trinajstić information content (AvgIpc) is 3.39. The van der Waals surface area contributed by atoms with Crippen molar-refractivity contribution in [2.24, 2.45) is 0 Å². The molecule has 430 valence electrons. The van der Waals surface area contributed by atoms with Crippen LogP contribution in [0.3, 0.4) is 0 Å². The molecule has 0 spiro atoms. The van der Waals surface area contributed by atoms with Gasteiger partial charge in [0, 0.05) is 19.3 Å². The lowest BCUT2D eigenvalue weighted by Crippen LogP contribution is -2.61. The number of carboxylic acid groups (broad SMARTS) is 1. The van der Waals surface area contributed by atoms with Crippen LogP contribution in [0.2, 0.25) is 0 Å². The maximum atomic E-state index is 13.2. The van der Waals surface area contributed by atoms with Crippen LogP contribution in [0.25, 0.3) is 0 Å². The van der Waals surface area contributed by atoms with Crippen LogP contribution < -0.4 is 0 Å². The van der Waals surface area contributed by atoms with Crippen LogP contribution >= 0.6 is 0 Å². The van der Waals surface area contributed by atoms with E-state index in [1.807, 2.05) is 0 Å². The zero-order valence-corrected chi connectivity index (χ0v) is 47.3. The van der Waals surface area contributed by atoms with Crippen molar-refractivity contribution in [3.63, 3.8) is 0 Å². The molecule has 0 aromatic heterocycles. The maximum Gasteiger partial charge on any atom is 0.335 e. The van der Waals surface area contributed by atoms with Gasteiger partial charge in [-0.05, 0) is 89.9 Å². The van der Waals surface area contributed by atoms with Crippen LogP contribution in [0, 0.1) is 0 Å². The summed E-state index contributed by atoms with van der Waals surface area (Å²) in [6, 6.07) is 0. The molecule has 0 radical (unpaired) electrons. The third kappa shape index (κ3) is 41.0. The minimum Gasteiger partial charge on any atom is -0.479 e. The molecular formula is C63H106O12. The summed E-state index contributed by atoms with van der Waals surface area (Å²) >= 11 is 0. The van der Waals surface area contributed by atoms with Crippen molar-refractivity contribution in [1.82, 2.24) is 0 Å². The Labute approximate surface area is 455 Å². The number of rotatable bonds is 50. The summed E-state index contributed by atoms with van der Waals surface area (Å²) in [5.74, 6) is -3.14. The van der Waals surface area contributed by atoms with E-state index in [1.54, 1.807) is 0 Å². The van der Waals surface area contributed by atoms with E-state index in [-0.39, 0.29) is 25.9 Å². The minimum absolute atomic E-state index is 0.0578. The lowest BCUT2D eigenvalue weighted by Gasteiger charge is -2.40. The van der Waals surface area contributed by atoms with Gasteiger partial charge < -0.3 is 39.0 Å². The van der Waals surface area contributed by atoms with Crippen LogP contribution in [0.5, 0.6) is 0 Å². The summed E-state index contributed by atoms with van der Waals surface area (Å²) in [6.07, 6.45) is 51.7. The Morgan fingerprint density at radius 2 is 0.840 bits per heavy atom. The van der Waals surface area contributed by atoms with E-state index in [0.29, 0.717) is 19.3 Å². The van der Waals surface area contributed by atoms with Crippen molar-refractivity contribution in [2.75, 3.05) is 13.2 Å². The van der Waals surface area contributed by atoms with Gasteiger partial charge >= 0.3 is 23.9 Å². The van der Waals surface area contributed by atoms with Crippen molar-refractivity contribution in [3.05, 3.63) is 72.9 Å². The van der Waals surface area contributed by atoms with Gasteiger partial charge in [0.15, 0.2) is 24.6 Å². The second-order valence-corrected chi connectivity index (χ2v) is 20.3. The number of ether oxygens (including phenoxy) is 5. The second-order valence-electron chi connectivity index (χ2n) is 20.3. The van der Waals surface area contributed by atoms with Crippen LogP contribution in [0.15, 0.2) is 72.9 Å². The fourth-order valence-corrected chi connectivity index (χ4v) is 8.68. The van der Waals surface area contributed by atoms with Gasteiger partial charge in [-0.2, -0.15) is 0 Å². The van der Waals surface area contributed by atoms with Gasteiger partial charge in [-0.25, -0.2) is 4.79 Å². The molecule has 0 saturated carbocycles. The Morgan fingerprint density at radius 1 is 0.453 bits per heavy atom. The lowest BCUT2D eigenvalue weighted by atomic mass is 9.98. The molecule has 75 heavy (non-hydrogen) atoms. The largest absolute Gasteiger partial charge is 0.479 e. The van der Waals surface area contributed by atoms with E-state index in [1.165, 1.54) is 57.8 Å². The smallest absolute Gasteiger partial charge is 0.335 e. The first-order valence-corrected chi connectivity index (χ1v) is 29.9. The summed E-state index contributed by atoms with van der Waals surface area (Å²) in [5, 5.41) is 31.4. The molecule has 0 aromatic carbocycles. The minimum atomic E-state index is -1.90. The molecule has 0 aromatic rings. The summed E-state index contributed by atoms with van der Waals surface area (Å²) in [7, 11) is 0. The summed E-state index contributed by atoms with van der Waals surface area (Å²) in [4.78, 5) is 51.1. The van der Waals surface area contributed by atoms with E-state index in [0.717, 1.165) is 135 Å². The van der Waals surface area contributed by atoms with Gasteiger partial charge in [0.2, 0.25) is 0 Å². The molecule has 0 amide bonds. The number of carbonyl (C=O) groups is 4. The van der Waals surface area contributed by atoms with Crippen molar-refractivity contribution in [2.45, 2.75) is 289 Å². The fraction of sp³-hybridized carbons (Fsp3) is 0.746. The standard InChI is InChI=1S/C63H106O12/c1-4-7-10-13-16-19-21-23-25-27-28-30-31-33-35-38-40-43-46-49-55(64)71-52-54(73-56(65)50-47-44-42-39-36-34-32-29-26-24-22-20-17-14-11-8-5-2)53-72-63-61(59(68)58(67)60(75-63)62(69)70)74-57(66)51-48-45-41-37-18-15-12-9-6-3/h7,10,16-17,19-20,23-26,28,30,54,58-61,63,67-68H,4-6,8-9,11-15,18,21-22,27,29,31-53H2,1-3H3,(H,69,70)/b10-7-,19-16-,20-17-,25-23-,26-24-,30-28-. The number of unbranched alkanes of at least 4 members (excludes halogenated alkanes) is 24. The van der Waals surface area contributed by atoms with Crippen molar-refractivity contribution in [1.29, 1.82) is 0 Å². The molecule has 3 N–H and O–H groups in total. The Kier molecular flexibility index (Phi) is 47.0. The van der Waals surface area contributed by atoms with Crippen LogP contribution in [-0.4, -0.2) is 89.2 Å². The SMILES string of the molecule is CC/C=C\C/C=C\C/C=C\C/C=C\CCCCCCCCC(=O)OCC(COC1OC(C(=O)O)C(O)C(O)C1OC(=O)CCCCCCCCCCC)OC(=O)CCCCCCCCC/C=C\C/C=C\CCCCC. The number of allylic oxidation sites excluding steroid dienone is 12. The number of aliphatic carboxylic acids is 1. The zero-order chi connectivity index (χ0) is 54.7. The number of aliphatic hydroxyl groups excluding tert-OH is 2. The van der Waals surface area contributed by atoms with Crippen molar-refractivity contribution < 1.29 is 58.2 Å². The van der Waals surface area contributed by atoms with Gasteiger partial charge in [-0.3, -0.25) is 14.4 Å². The highest BCUT2D eigenvalue weighted by Crippen LogP contribution is 2.26. The molecule has 1 aliphatic heterocycles. The predicted octanol–water partition coefficient (Wildman–Crippen LogP) is 15.3. The quantitative estimate of drug-likeness (QED) is 0.0228. The first-order valence-electron chi connectivity index (χ1n) is 29.9. The third-order valence-corrected chi connectivity index (χ3v) is 13.3. The number of carbonyl (C=O) groups excluding carboxylic acids is 3. The van der Waals surface area contributed by atoms with Crippen molar-refractivity contribution in [3.8, 4) is 0 Å². The lowest BCUT2D eigenvalue weighted by molar-refractivity contribution is -0.301. The fourth-order valence-electron chi connectivity index (χ4n) is 8.68. The monoisotopic (exact) mass is 1050 g/mol. The highest BCUT2D eigenvalue weighted by Gasteiger charge is 2.50. The number of esters is 3. The number of hydrogen-bond acceptors (Lipinski definition) is 11. The van der Waals surface area contributed by atoms with Crippen molar-refractivity contribution >= 4 is 23.9 Å². The van der Waals surface area contributed by atoms with E-state index in [9.17, 15) is 34.5 Å². The van der Waals surface area contributed by atoms with E-state index in [2.05, 4.69) is 93.7 Å². The molecule has 1 aliphatic rings. The molecule has 12 heteroatoms. The summed E-state index contributed by atoms with van der Waals surface area (Å²) in [5.41, 5.74) is 0. The molecule has 12 nitrogen and oxygen atoms in total. The molecule has 6 unspecified atom stereocenters. The molecule has 1 rings (SSSR count). The number of carboxylic acids is 1. The molecule has 1 fully saturated rings. The van der Waals surface area contributed by atoms with Gasteiger partial charge in [-0.1, -0.05) is 216 Å². The Bertz CT molecular complexity index is 1580.